The van der Waals surface area contributed by atoms with Crippen molar-refractivity contribution < 1.29 is 13.9 Å². The number of carbonyl (C=O) groups excluding carboxylic acids is 1. The fourth-order valence-corrected chi connectivity index (χ4v) is 2.37. The smallest absolute Gasteiger partial charge is 0.275 e. The molecule has 0 aliphatic rings. The molecular weight excluding hydrogens is 337 g/mol. The van der Waals surface area contributed by atoms with E-state index < -0.39 is 5.91 Å². The van der Waals surface area contributed by atoms with Crippen LogP contribution < -0.4 is 15.8 Å². The van der Waals surface area contributed by atoms with Gasteiger partial charge in [0.05, 0.1) is 13.7 Å². The molecule has 0 radical (unpaired) electrons. The molecule has 0 saturated heterocycles. The van der Waals surface area contributed by atoms with Crippen molar-refractivity contribution in [3.05, 3.63) is 71.2 Å². The summed E-state index contributed by atoms with van der Waals surface area (Å²) in [6.45, 7) is 0.623. The molecule has 1 aromatic heterocycles. The number of hydrogen-bond donors (Lipinski definition) is 2. The summed E-state index contributed by atoms with van der Waals surface area (Å²) in [6, 6.07) is 13.3. The van der Waals surface area contributed by atoms with Crippen LogP contribution in [0.15, 0.2) is 48.5 Å². The molecule has 0 aliphatic heterocycles. The van der Waals surface area contributed by atoms with Gasteiger partial charge in [-0.1, -0.05) is 29.5 Å². The maximum Gasteiger partial charge on any atom is 0.275 e. The molecule has 0 bridgehead atoms. The number of nitrogen functional groups attached to an aromatic ring is 1. The van der Waals surface area contributed by atoms with E-state index in [1.54, 1.807) is 19.2 Å². The predicted molar refractivity (Wildman–Crippen MR) is 94.1 cm³/mol. The quantitative estimate of drug-likeness (QED) is 0.705. The van der Waals surface area contributed by atoms with Crippen molar-refractivity contribution >= 4 is 11.7 Å². The number of ether oxygens (including phenoxy) is 1. The average molecular weight is 355 g/mol. The van der Waals surface area contributed by atoms with E-state index in [2.05, 4.69) is 15.6 Å². The van der Waals surface area contributed by atoms with Crippen LogP contribution in [0.1, 0.15) is 21.6 Å². The van der Waals surface area contributed by atoms with Gasteiger partial charge in [-0.25, -0.2) is 9.07 Å². The summed E-state index contributed by atoms with van der Waals surface area (Å²) in [5, 5.41) is 10.5. The standard InChI is InChI=1S/C18H18FN5O2/c1-26-15-8-4-12(5-9-15)10-21-18(25)16-17(20)24(23-22-16)11-13-2-6-14(19)7-3-13/h2-9H,10-11,20H2,1H3,(H,21,25). The lowest BCUT2D eigenvalue weighted by atomic mass is 10.2. The third-order valence-electron chi connectivity index (χ3n) is 3.85. The van der Waals surface area contributed by atoms with Crippen molar-refractivity contribution in [1.29, 1.82) is 0 Å². The molecule has 8 heteroatoms. The van der Waals surface area contributed by atoms with Gasteiger partial charge in [0, 0.05) is 6.54 Å². The Morgan fingerprint density at radius 3 is 2.46 bits per heavy atom. The number of rotatable bonds is 6. The van der Waals surface area contributed by atoms with E-state index >= 15 is 0 Å². The minimum absolute atomic E-state index is 0.0561. The first-order chi connectivity index (χ1) is 12.6. The molecule has 0 fully saturated rings. The number of amides is 1. The third kappa shape index (κ3) is 3.97. The molecule has 1 heterocycles. The summed E-state index contributed by atoms with van der Waals surface area (Å²) in [4.78, 5) is 12.3. The molecule has 134 valence electrons. The van der Waals surface area contributed by atoms with Crippen LogP contribution in [0.25, 0.3) is 0 Å². The fourth-order valence-electron chi connectivity index (χ4n) is 2.37. The predicted octanol–water partition coefficient (Wildman–Crippen LogP) is 1.99. The van der Waals surface area contributed by atoms with Crippen molar-refractivity contribution in [3.8, 4) is 5.75 Å². The molecule has 0 atom stereocenters. The van der Waals surface area contributed by atoms with Crippen LogP contribution in [0, 0.1) is 5.82 Å². The van der Waals surface area contributed by atoms with Gasteiger partial charge < -0.3 is 15.8 Å². The Hall–Kier alpha value is -3.42. The zero-order valence-corrected chi connectivity index (χ0v) is 14.1. The van der Waals surface area contributed by atoms with Gasteiger partial charge in [-0.15, -0.1) is 5.10 Å². The average Bonchev–Trinajstić information content (AvgIpc) is 3.02. The Labute approximate surface area is 149 Å². The number of aromatic nitrogens is 3. The number of nitrogens with one attached hydrogen (secondary N) is 1. The first-order valence-corrected chi connectivity index (χ1v) is 7.91. The van der Waals surface area contributed by atoms with Crippen molar-refractivity contribution in [1.82, 2.24) is 20.3 Å². The first-order valence-electron chi connectivity index (χ1n) is 7.91. The summed E-state index contributed by atoms with van der Waals surface area (Å²) in [7, 11) is 1.59. The van der Waals surface area contributed by atoms with Gasteiger partial charge in [-0.05, 0) is 35.4 Å². The second-order valence-electron chi connectivity index (χ2n) is 5.64. The normalized spacial score (nSPS) is 10.5. The molecule has 7 nitrogen and oxygen atoms in total. The molecule has 2 aromatic carbocycles. The molecule has 26 heavy (non-hydrogen) atoms. The second-order valence-corrected chi connectivity index (χ2v) is 5.64. The maximum atomic E-state index is 13.0. The van der Waals surface area contributed by atoms with Gasteiger partial charge in [0.25, 0.3) is 5.91 Å². The van der Waals surface area contributed by atoms with Gasteiger partial charge in [-0.3, -0.25) is 4.79 Å². The van der Waals surface area contributed by atoms with E-state index in [1.807, 2.05) is 24.3 Å². The van der Waals surface area contributed by atoms with Gasteiger partial charge in [0.2, 0.25) is 0 Å². The highest BCUT2D eigenvalue weighted by molar-refractivity contribution is 5.96. The molecule has 3 rings (SSSR count). The molecule has 1 amide bonds. The minimum Gasteiger partial charge on any atom is -0.497 e. The third-order valence-corrected chi connectivity index (χ3v) is 3.85. The van der Waals surface area contributed by atoms with E-state index in [4.69, 9.17) is 10.5 Å². The van der Waals surface area contributed by atoms with Crippen molar-refractivity contribution in [2.45, 2.75) is 13.1 Å². The van der Waals surface area contributed by atoms with Crippen molar-refractivity contribution in [3.63, 3.8) is 0 Å². The number of nitrogens with zero attached hydrogens (tertiary/aromatic N) is 3. The Morgan fingerprint density at radius 1 is 1.15 bits per heavy atom. The maximum absolute atomic E-state index is 13.0. The Kier molecular flexibility index (Phi) is 5.12. The summed E-state index contributed by atoms with van der Waals surface area (Å²) < 4.78 is 19.5. The van der Waals surface area contributed by atoms with Crippen LogP contribution in [0.2, 0.25) is 0 Å². The summed E-state index contributed by atoms with van der Waals surface area (Å²) >= 11 is 0. The number of halogens is 1. The number of carbonyl (C=O) groups is 1. The molecule has 0 spiro atoms. The van der Waals surface area contributed by atoms with Crippen LogP contribution in [0.4, 0.5) is 10.2 Å². The molecule has 3 aromatic rings. The van der Waals surface area contributed by atoms with E-state index in [1.165, 1.54) is 16.8 Å². The van der Waals surface area contributed by atoms with Crippen LogP contribution in [0.5, 0.6) is 5.75 Å². The first kappa shape index (κ1) is 17.4. The fraction of sp³-hybridized carbons (Fsp3) is 0.167. The Bertz CT molecular complexity index is 891. The lowest BCUT2D eigenvalue weighted by Gasteiger charge is -2.06. The topological polar surface area (TPSA) is 95.1 Å². The number of anilines is 1. The van der Waals surface area contributed by atoms with E-state index in [0.29, 0.717) is 13.1 Å². The van der Waals surface area contributed by atoms with E-state index in [-0.39, 0.29) is 17.3 Å². The van der Waals surface area contributed by atoms with Gasteiger partial charge in [0.15, 0.2) is 11.5 Å². The molecule has 3 N–H and O–H groups in total. The zero-order valence-electron chi connectivity index (χ0n) is 14.1. The van der Waals surface area contributed by atoms with E-state index in [0.717, 1.165) is 16.9 Å². The number of methoxy groups -OCH3 is 1. The largest absolute Gasteiger partial charge is 0.497 e. The Morgan fingerprint density at radius 2 is 1.81 bits per heavy atom. The SMILES string of the molecule is COc1ccc(CNC(=O)c2nnn(Cc3ccc(F)cc3)c2N)cc1. The molecule has 0 aliphatic carbocycles. The van der Waals surface area contributed by atoms with E-state index in [9.17, 15) is 9.18 Å². The highest BCUT2D eigenvalue weighted by Crippen LogP contribution is 2.13. The van der Waals surface area contributed by atoms with Crippen LogP contribution in [-0.4, -0.2) is 28.0 Å². The van der Waals surface area contributed by atoms with Crippen molar-refractivity contribution in [2.75, 3.05) is 12.8 Å². The summed E-state index contributed by atoms with van der Waals surface area (Å²) in [5.74, 6) is 0.164. The van der Waals surface area contributed by atoms with Gasteiger partial charge in [0.1, 0.15) is 11.6 Å². The molecule has 0 saturated carbocycles. The molecular formula is C18H18FN5O2. The lowest BCUT2D eigenvalue weighted by Crippen LogP contribution is -2.24. The Balaban J connectivity index is 1.64. The summed E-state index contributed by atoms with van der Waals surface area (Å²) in [6.07, 6.45) is 0. The van der Waals surface area contributed by atoms with Gasteiger partial charge >= 0.3 is 0 Å². The summed E-state index contributed by atoms with van der Waals surface area (Å²) in [5.41, 5.74) is 7.74. The highest BCUT2D eigenvalue weighted by atomic mass is 19.1. The monoisotopic (exact) mass is 355 g/mol. The van der Waals surface area contributed by atoms with Crippen LogP contribution >= 0.6 is 0 Å². The zero-order chi connectivity index (χ0) is 18.5. The van der Waals surface area contributed by atoms with Crippen LogP contribution in [0.3, 0.4) is 0 Å². The number of nitrogens with two attached hydrogens (primary N) is 1. The number of hydrogen-bond acceptors (Lipinski definition) is 5. The van der Waals surface area contributed by atoms with Crippen LogP contribution in [-0.2, 0) is 13.1 Å². The number of benzene rings is 2. The minimum atomic E-state index is -0.413. The lowest BCUT2D eigenvalue weighted by molar-refractivity contribution is 0.0946. The molecule has 0 unspecified atom stereocenters. The highest BCUT2D eigenvalue weighted by Gasteiger charge is 2.17. The van der Waals surface area contributed by atoms with Gasteiger partial charge in [-0.2, -0.15) is 0 Å². The van der Waals surface area contributed by atoms with Crippen molar-refractivity contribution in [2.24, 2.45) is 0 Å². The second kappa shape index (κ2) is 7.64.